The highest BCUT2D eigenvalue weighted by atomic mass is 16.5. The van der Waals surface area contributed by atoms with E-state index in [0.29, 0.717) is 30.7 Å². The molecule has 0 aliphatic carbocycles. The maximum Gasteiger partial charge on any atom is 0.255 e. The fraction of sp³-hybridized carbons (Fsp3) is 0.364. The van der Waals surface area contributed by atoms with Crippen molar-refractivity contribution >= 4 is 17.5 Å². The number of hydrogen-bond acceptors (Lipinski definition) is 3. The molecule has 2 amide bonds. The zero-order valence-electron chi connectivity index (χ0n) is 15.5. The number of hydrogen-bond donors (Lipinski definition) is 1. The predicted octanol–water partition coefficient (Wildman–Crippen LogP) is 4.11. The molecule has 142 valence electrons. The Hall–Kier alpha value is -2.82. The number of likely N-dealkylation sites (tertiary alicyclic amines) is 1. The topological polar surface area (TPSA) is 58.6 Å². The molecule has 1 heterocycles. The summed E-state index contributed by atoms with van der Waals surface area (Å²) in [6, 6.07) is 16.8. The lowest BCUT2D eigenvalue weighted by atomic mass is 10.1. The number of amides is 2. The Labute approximate surface area is 160 Å². The highest BCUT2D eigenvalue weighted by molar-refractivity contribution is 6.03. The Balaban J connectivity index is 1.51. The minimum Gasteiger partial charge on any atom is -0.494 e. The molecular weight excluding hydrogens is 340 g/mol. The molecule has 0 spiro atoms. The molecule has 0 saturated carbocycles. The Bertz CT molecular complexity index is 755. The van der Waals surface area contributed by atoms with E-state index in [-0.39, 0.29) is 11.8 Å². The van der Waals surface area contributed by atoms with Crippen LogP contribution in [0, 0.1) is 0 Å². The fourth-order valence-electron chi connectivity index (χ4n) is 3.20. The Kier molecular flexibility index (Phi) is 6.85. The number of piperidine rings is 1. The lowest BCUT2D eigenvalue weighted by Gasteiger charge is -2.27. The van der Waals surface area contributed by atoms with E-state index in [4.69, 9.17) is 4.74 Å². The van der Waals surface area contributed by atoms with Crippen LogP contribution in [0.1, 0.15) is 42.5 Å². The lowest BCUT2D eigenvalue weighted by molar-refractivity contribution is -0.116. The largest absolute Gasteiger partial charge is 0.494 e. The molecule has 2 aromatic carbocycles. The maximum atomic E-state index is 12.8. The first-order chi connectivity index (χ1) is 13.2. The van der Waals surface area contributed by atoms with Gasteiger partial charge >= 0.3 is 0 Å². The van der Waals surface area contributed by atoms with Crippen molar-refractivity contribution < 1.29 is 14.3 Å². The van der Waals surface area contributed by atoms with Gasteiger partial charge in [0.2, 0.25) is 5.91 Å². The monoisotopic (exact) mass is 366 g/mol. The highest BCUT2D eigenvalue weighted by Gasteiger charge is 2.21. The van der Waals surface area contributed by atoms with Crippen LogP contribution in [0.5, 0.6) is 5.75 Å². The van der Waals surface area contributed by atoms with Crippen LogP contribution in [-0.2, 0) is 4.79 Å². The van der Waals surface area contributed by atoms with Gasteiger partial charge in [-0.15, -0.1) is 0 Å². The van der Waals surface area contributed by atoms with Crippen molar-refractivity contribution in [2.24, 2.45) is 0 Å². The fourth-order valence-corrected chi connectivity index (χ4v) is 3.20. The van der Waals surface area contributed by atoms with Gasteiger partial charge < -0.3 is 15.0 Å². The third-order valence-corrected chi connectivity index (χ3v) is 4.63. The molecule has 5 heteroatoms. The number of ether oxygens (including phenoxy) is 1. The van der Waals surface area contributed by atoms with Crippen molar-refractivity contribution in [2.75, 3.05) is 25.0 Å². The van der Waals surface area contributed by atoms with Crippen LogP contribution >= 0.6 is 0 Å². The number of benzene rings is 2. The average Bonchev–Trinajstić information content (AvgIpc) is 2.72. The molecular formula is C22H26N2O3. The molecule has 1 aliphatic rings. The first kappa shape index (κ1) is 19.0. The smallest absolute Gasteiger partial charge is 0.255 e. The van der Waals surface area contributed by atoms with Crippen molar-refractivity contribution in [1.82, 2.24) is 4.90 Å². The Morgan fingerprint density at radius 2 is 1.63 bits per heavy atom. The van der Waals surface area contributed by atoms with Crippen LogP contribution in [0.3, 0.4) is 0 Å². The van der Waals surface area contributed by atoms with Gasteiger partial charge in [-0.3, -0.25) is 9.59 Å². The predicted molar refractivity (Wildman–Crippen MR) is 106 cm³/mol. The SMILES string of the molecule is O=C(CCCOc1ccccc1)Nc1ccccc1C(=O)N1CCCCC1. The van der Waals surface area contributed by atoms with Crippen LogP contribution in [0.4, 0.5) is 5.69 Å². The van der Waals surface area contributed by atoms with Crippen molar-refractivity contribution in [2.45, 2.75) is 32.1 Å². The van der Waals surface area contributed by atoms with Gasteiger partial charge in [0.25, 0.3) is 5.91 Å². The van der Waals surface area contributed by atoms with Crippen LogP contribution in [0.2, 0.25) is 0 Å². The van der Waals surface area contributed by atoms with Crippen LogP contribution in [-0.4, -0.2) is 36.4 Å². The molecule has 0 unspecified atom stereocenters. The number of nitrogens with zero attached hydrogens (tertiary/aromatic N) is 1. The van der Waals surface area contributed by atoms with E-state index in [1.807, 2.05) is 47.4 Å². The molecule has 0 atom stereocenters. The van der Waals surface area contributed by atoms with Gasteiger partial charge in [-0.2, -0.15) is 0 Å². The number of carbonyl (C=O) groups is 2. The second-order valence-electron chi connectivity index (χ2n) is 6.71. The van der Waals surface area contributed by atoms with Crippen molar-refractivity contribution in [3.8, 4) is 5.75 Å². The zero-order valence-corrected chi connectivity index (χ0v) is 15.5. The van der Waals surface area contributed by atoms with E-state index >= 15 is 0 Å². The summed E-state index contributed by atoms with van der Waals surface area (Å²) in [6.45, 7) is 2.06. The van der Waals surface area contributed by atoms with E-state index in [9.17, 15) is 9.59 Å². The molecule has 1 saturated heterocycles. The number of rotatable bonds is 7. The summed E-state index contributed by atoms with van der Waals surface area (Å²) >= 11 is 0. The maximum absolute atomic E-state index is 12.8. The summed E-state index contributed by atoms with van der Waals surface area (Å²) in [7, 11) is 0. The first-order valence-corrected chi connectivity index (χ1v) is 9.60. The summed E-state index contributed by atoms with van der Waals surface area (Å²) in [6.07, 6.45) is 4.22. The normalized spacial score (nSPS) is 13.9. The number of anilines is 1. The summed E-state index contributed by atoms with van der Waals surface area (Å²) < 4.78 is 5.61. The third kappa shape index (κ3) is 5.58. The number of carbonyl (C=O) groups excluding carboxylic acids is 2. The molecule has 0 radical (unpaired) electrons. The molecule has 0 bridgehead atoms. The Morgan fingerprint density at radius 1 is 0.926 bits per heavy atom. The summed E-state index contributed by atoms with van der Waals surface area (Å²) in [5, 5.41) is 2.89. The van der Waals surface area contributed by atoms with Gasteiger partial charge in [0.05, 0.1) is 17.9 Å². The molecule has 3 rings (SSSR count). The van der Waals surface area contributed by atoms with Gasteiger partial charge in [0.1, 0.15) is 5.75 Å². The van der Waals surface area contributed by atoms with E-state index < -0.39 is 0 Å². The van der Waals surface area contributed by atoms with Crippen LogP contribution in [0.25, 0.3) is 0 Å². The van der Waals surface area contributed by atoms with E-state index in [2.05, 4.69) is 5.32 Å². The quantitative estimate of drug-likeness (QED) is 0.750. The number of nitrogens with one attached hydrogen (secondary N) is 1. The van der Waals surface area contributed by atoms with Gasteiger partial charge in [0.15, 0.2) is 0 Å². The minimum absolute atomic E-state index is 0.00184. The summed E-state index contributed by atoms with van der Waals surface area (Å²) in [5.74, 6) is 0.693. The molecule has 1 N–H and O–H groups in total. The van der Waals surface area contributed by atoms with Crippen molar-refractivity contribution in [3.63, 3.8) is 0 Å². The first-order valence-electron chi connectivity index (χ1n) is 9.60. The molecule has 1 fully saturated rings. The zero-order chi connectivity index (χ0) is 18.9. The second-order valence-corrected chi connectivity index (χ2v) is 6.71. The molecule has 0 aromatic heterocycles. The van der Waals surface area contributed by atoms with Gasteiger partial charge in [-0.25, -0.2) is 0 Å². The molecule has 27 heavy (non-hydrogen) atoms. The van der Waals surface area contributed by atoms with Crippen molar-refractivity contribution in [3.05, 3.63) is 60.2 Å². The third-order valence-electron chi connectivity index (χ3n) is 4.63. The van der Waals surface area contributed by atoms with Gasteiger partial charge in [-0.1, -0.05) is 30.3 Å². The molecule has 1 aliphatic heterocycles. The standard InChI is InChI=1S/C22H26N2O3/c25-21(14-9-17-27-18-10-3-1-4-11-18)23-20-13-6-5-12-19(20)22(26)24-15-7-2-8-16-24/h1,3-6,10-13H,2,7-9,14-17H2,(H,23,25). The van der Waals surface area contributed by atoms with Gasteiger partial charge in [0, 0.05) is 19.5 Å². The molecule has 2 aromatic rings. The van der Waals surface area contributed by atoms with Crippen LogP contribution < -0.4 is 10.1 Å². The highest BCUT2D eigenvalue weighted by Crippen LogP contribution is 2.20. The van der Waals surface area contributed by atoms with E-state index in [1.165, 1.54) is 6.42 Å². The Morgan fingerprint density at radius 3 is 2.41 bits per heavy atom. The average molecular weight is 366 g/mol. The van der Waals surface area contributed by atoms with Crippen molar-refractivity contribution in [1.29, 1.82) is 0 Å². The summed E-state index contributed by atoms with van der Waals surface area (Å²) in [5.41, 5.74) is 1.15. The lowest BCUT2D eigenvalue weighted by Crippen LogP contribution is -2.36. The van der Waals surface area contributed by atoms with Crippen LogP contribution in [0.15, 0.2) is 54.6 Å². The van der Waals surface area contributed by atoms with Gasteiger partial charge in [-0.05, 0) is 49.9 Å². The van der Waals surface area contributed by atoms with E-state index in [1.54, 1.807) is 12.1 Å². The number of para-hydroxylation sites is 2. The van der Waals surface area contributed by atoms with E-state index in [0.717, 1.165) is 31.7 Å². The second kappa shape index (κ2) is 9.76. The minimum atomic E-state index is -0.106. The molecule has 5 nitrogen and oxygen atoms in total. The summed E-state index contributed by atoms with van der Waals surface area (Å²) in [4.78, 5) is 26.9.